The summed E-state index contributed by atoms with van der Waals surface area (Å²) in [5, 5.41) is 11.4. The van der Waals surface area contributed by atoms with Gasteiger partial charge in [0.1, 0.15) is 5.69 Å². The number of anilines is 1. The Balaban J connectivity index is 2.13. The molecule has 2 aromatic rings. The van der Waals surface area contributed by atoms with Gasteiger partial charge in [0.15, 0.2) is 5.16 Å². The molecule has 2 N–H and O–H groups in total. The lowest BCUT2D eigenvalue weighted by Crippen LogP contribution is -1.99. The smallest absolute Gasteiger partial charge is 0.292 e. The lowest BCUT2D eigenvalue weighted by Gasteiger charge is -2.05. The van der Waals surface area contributed by atoms with Gasteiger partial charge in [-0.1, -0.05) is 23.9 Å². The maximum Gasteiger partial charge on any atom is 0.292 e. The summed E-state index contributed by atoms with van der Waals surface area (Å²) in [5.74, 6) is 0.497. The van der Waals surface area contributed by atoms with E-state index in [1.54, 1.807) is 24.5 Å². The van der Waals surface area contributed by atoms with E-state index in [4.69, 9.17) is 5.73 Å². The fourth-order valence-electron chi connectivity index (χ4n) is 1.48. The van der Waals surface area contributed by atoms with E-state index in [9.17, 15) is 10.1 Å². The first kappa shape index (κ1) is 13.3. The Morgan fingerprint density at radius 2 is 2.05 bits per heavy atom. The van der Waals surface area contributed by atoms with Crippen LogP contribution in [-0.4, -0.2) is 14.9 Å². The van der Waals surface area contributed by atoms with Gasteiger partial charge in [-0.2, -0.15) is 0 Å². The van der Waals surface area contributed by atoms with Crippen molar-refractivity contribution in [3.63, 3.8) is 0 Å². The molecule has 0 amide bonds. The topological polar surface area (TPSA) is 94.9 Å². The van der Waals surface area contributed by atoms with Crippen molar-refractivity contribution < 1.29 is 4.92 Å². The number of benzene rings is 1. The fourth-order valence-corrected chi connectivity index (χ4v) is 2.27. The van der Waals surface area contributed by atoms with Crippen LogP contribution in [0.2, 0.25) is 0 Å². The zero-order chi connectivity index (χ0) is 13.8. The first-order valence-electron chi connectivity index (χ1n) is 5.51. The van der Waals surface area contributed by atoms with Crippen molar-refractivity contribution in [3.8, 4) is 0 Å². The second-order valence-corrected chi connectivity index (χ2v) is 4.88. The summed E-state index contributed by atoms with van der Waals surface area (Å²) in [6.45, 7) is 1.91. The van der Waals surface area contributed by atoms with E-state index in [1.807, 2.05) is 6.92 Å². The Morgan fingerprint density at radius 3 is 2.68 bits per heavy atom. The van der Waals surface area contributed by atoms with Gasteiger partial charge in [-0.05, 0) is 18.1 Å². The average molecular weight is 276 g/mol. The van der Waals surface area contributed by atoms with Gasteiger partial charge in [0, 0.05) is 24.2 Å². The minimum Gasteiger partial charge on any atom is -0.393 e. The number of para-hydroxylation sites is 1. The van der Waals surface area contributed by atoms with Crippen LogP contribution in [0.4, 0.5) is 11.4 Å². The number of rotatable bonds is 4. The Labute approximate surface area is 114 Å². The Kier molecular flexibility index (Phi) is 3.96. The van der Waals surface area contributed by atoms with Crippen molar-refractivity contribution in [1.82, 2.24) is 9.97 Å². The first-order valence-corrected chi connectivity index (χ1v) is 6.49. The van der Waals surface area contributed by atoms with Crippen molar-refractivity contribution in [3.05, 3.63) is 51.8 Å². The summed E-state index contributed by atoms with van der Waals surface area (Å²) < 4.78 is 0. The summed E-state index contributed by atoms with van der Waals surface area (Å²) in [5.41, 5.74) is 7.61. The number of nitro groups is 1. The molecule has 1 heterocycles. The van der Waals surface area contributed by atoms with E-state index in [0.717, 1.165) is 5.56 Å². The van der Waals surface area contributed by atoms with Gasteiger partial charge in [0.2, 0.25) is 0 Å². The Morgan fingerprint density at radius 1 is 1.37 bits per heavy atom. The molecule has 98 valence electrons. The highest BCUT2D eigenvalue weighted by atomic mass is 32.2. The number of nitro benzene ring substituents is 1. The normalized spacial score (nSPS) is 10.4. The molecule has 1 aromatic carbocycles. The van der Waals surface area contributed by atoms with E-state index in [0.29, 0.717) is 16.5 Å². The predicted molar refractivity (Wildman–Crippen MR) is 73.8 cm³/mol. The van der Waals surface area contributed by atoms with Crippen LogP contribution in [0.5, 0.6) is 0 Å². The molecule has 0 aliphatic carbocycles. The molecule has 0 fully saturated rings. The van der Waals surface area contributed by atoms with Crippen molar-refractivity contribution in [1.29, 1.82) is 0 Å². The molecule has 6 nitrogen and oxygen atoms in total. The monoisotopic (exact) mass is 276 g/mol. The molecule has 0 aliphatic heterocycles. The standard InChI is InChI=1S/C12H12N4O2S/c1-8-5-14-12(15-6-8)19-7-9-3-2-4-10(11(9)13)16(17)18/h2-6H,7,13H2,1H3. The molecule has 1 aromatic heterocycles. The summed E-state index contributed by atoms with van der Waals surface area (Å²) in [6, 6.07) is 4.79. The van der Waals surface area contributed by atoms with E-state index >= 15 is 0 Å². The van der Waals surface area contributed by atoms with E-state index < -0.39 is 4.92 Å². The number of aryl methyl sites for hydroxylation is 1. The molecular weight excluding hydrogens is 264 g/mol. The van der Waals surface area contributed by atoms with Gasteiger partial charge in [-0.15, -0.1) is 0 Å². The van der Waals surface area contributed by atoms with Crippen LogP contribution < -0.4 is 5.73 Å². The fraction of sp³-hybridized carbons (Fsp3) is 0.167. The first-order chi connectivity index (χ1) is 9.08. The molecule has 0 saturated carbocycles. The average Bonchev–Trinajstić information content (AvgIpc) is 2.39. The Bertz CT molecular complexity index is 601. The lowest BCUT2D eigenvalue weighted by atomic mass is 10.2. The van der Waals surface area contributed by atoms with Gasteiger partial charge in [0.25, 0.3) is 5.69 Å². The zero-order valence-corrected chi connectivity index (χ0v) is 11.1. The summed E-state index contributed by atoms with van der Waals surface area (Å²) in [4.78, 5) is 18.6. The van der Waals surface area contributed by atoms with Crippen molar-refractivity contribution in [2.24, 2.45) is 0 Å². The zero-order valence-electron chi connectivity index (χ0n) is 10.2. The third-order valence-electron chi connectivity index (χ3n) is 2.48. The third-order valence-corrected chi connectivity index (χ3v) is 3.41. The van der Waals surface area contributed by atoms with Gasteiger partial charge < -0.3 is 5.73 Å². The van der Waals surface area contributed by atoms with Crippen LogP contribution >= 0.6 is 11.8 Å². The molecule has 0 aliphatic rings. The molecule has 2 rings (SSSR count). The number of hydrogen-bond donors (Lipinski definition) is 1. The molecular formula is C12H12N4O2S. The second-order valence-electron chi connectivity index (χ2n) is 3.94. The third kappa shape index (κ3) is 3.19. The van der Waals surface area contributed by atoms with Crippen LogP contribution in [0.25, 0.3) is 0 Å². The molecule has 0 atom stereocenters. The number of nitrogens with zero attached hydrogens (tertiary/aromatic N) is 3. The molecule has 0 bridgehead atoms. The van der Waals surface area contributed by atoms with Crippen LogP contribution in [0.1, 0.15) is 11.1 Å². The lowest BCUT2D eigenvalue weighted by molar-refractivity contribution is -0.383. The van der Waals surface area contributed by atoms with Gasteiger partial charge in [-0.25, -0.2) is 9.97 Å². The molecule has 7 heteroatoms. The summed E-state index contributed by atoms with van der Waals surface area (Å²) in [6.07, 6.45) is 3.46. The van der Waals surface area contributed by atoms with Crippen LogP contribution in [0.3, 0.4) is 0 Å². The van der Waals surface area contributed by atoms with Crippen LogP contribution in [-0.2, 0) is 5.75 Å². The van der Waals surface area contributed by atoms with Gasteiger partial charge in [0.05, 0.1) is 4.92 Å². The highest BCUT2D eigenvalue weighted by molar-refractivity contribution is 7.98. The quantitative estimate of drug-likeness (QED) is 0.303. The SMILES string of the molecule is Cc1cnc(SCc2cccc([N+](=O)[O-])c2N)nc1. The number of thioether (sulfide) groups is 1. The maximum absolute atomic E-state index is 10.8. The predicted octanol–water partition coefficient (Wildman–Crippen LogP) is 2.57. The second kappa shape index (κ2) is 5.66. The highest BCUT2D eigenvalue weighted by Gasteiger charge is 2.14. The summed E-state index contributed by atoms with van der Waals surface area (Å²) >= 11 is 1.39. The molecule has 19 heavy (non-hydrogen) atoms. The van der Waals surface area contributed by atoms with Gasteiger partial charge in [-0.3, -0.25) is 10.1 Å². The number of aromatic nitrogens is 2. The maximum atomic E-state index is 10.8. The van der Waals surface area contributed by atoms with Crippen LogP contribution in [0.15, 0.2) is 35.7 Å². The molecule has 0 saturated heterocycles. The van der Waals surface area contributed by atoms with Crippen molar-refractivity contribution in [2.75, 3.05) is 5.73 Å². The Hall–Kier alpha value is -2.15. The molecule has 0 radical (unpaired) electrons. The van der Waals surface area contributed by atoms with Crippen molar-refractivity contribution in [2.45, 2.75) is 17.8 Å². The largest absolute Gasteiger partial charge is 0.393 e. The van der Waals surface area contributed by atoms with Crippen LogP contribution in [0, 0.1) is 17.0 Å². The van der Waals surface area contributed by atoms with E-state index in [-0.39, 0.29) is 11.4 Å². The number of hydrogen-bond acceptors (Lipinski definition) is 6. The van der Waals surface area contributed by atoms with E-state index in [1.165, 1.54) is 17.8 Å². The minimum absolute atomic E-state index is 0.0667. The van der Waals surface area contributed by atoms with Gasteiger partial charge >= 0.3 is 0 Å². The molecule has 0 unspecified atom stereocenters. The van der Waals surface area contributed by atoms with E-state index in [2.05, 4.69) is 9.97 Å². The summed E-state index contributed by atoms with van der Waals surface area (Å²) in [7, 11) is 0. The number of nitrogen functional groups attached to an aromatic ring is 1. The highest BCUT2D eigenvalue weighted by Crippen LogP contribution is 2.29. The minimum atomic E-state index is -0.480. The van der Waals surface area contributed by atoms with Crippen molar-refractivity contribution >= 4 is 23.1 Å². The number of nitrogens with two attached hydrogens (primary N) is 1. The molecule has 0 spiro atoms.